The van der Waals surface area contributed by atoms with Crippen molar-refractivity contribution in [2.24, 2.45) is 0 Å². The fourth-order valence-corrected chi connectivity index (χ4v) is 1.99. The topological polar surface area (TPSA) is 110 Å². The number of nitrogens with one attached hydrogen (secondary N) is 2. The molecule has 126 valence electrons. The smallest absolute Gasteiger partial charge is 0.307 e. The number of nitrogens with zero attached hydrogens (tertiary/aromatic N) is 2. The molecule has 23 heavy (non-hydrogen) atoms. The molecule has 0 spiro atoms. The van der Waals surface area contributed by atoms with E-state index in [1.54, 1.807) is 6.26 Å². The second kappa shape index (κ2) is 10.0. The summed E-state index contributed by atoms with van der Waals surface area (Å²) in [4.78, 5) is 42.3. The molecule has 10 heteroatoms. The van der Waals surface area contributed by atoms with Gasteiger partial charge in [0.05, 0.1) is 24.8 Å². The first-order chi connectivity index (χ1) is 11.0. The van der Waals surface area contributed by atoms with Gasteiger partial charge in [-0.15, -0.1) is 0 Å². The van der Waals surface area contributed by atoms with Crippen LogP contribution in [0.15, 0.2) is 11.4 Å². The van der Waals surface area contributed by atoms with Crippen molar-refractivity contribution in [2.45, 2.75) is 18.0 Å². The molecule has 2 amide bonds. The van der Waals surface area contributed by atoms with E-state index in [1.807, 2.05) is 0 Å². The number of carbonyl (C=O) groups is 3. The van der Waals surface area contributed by atoms with Crippen LogP contribution in [0, 0.1) is 0 Å². The van der Waals surface area contributed by atoms with Gasteiger partial charge in [0.25, 0.3) is 5.91 Å². The second-order valence-corrected chi connectivity index (χ2v) is 5.42. The number of thioether (sulfide) groups is 1. The molecule has 0 saturated heterocycles. The number of carbonyl (C=O) groups excluding carboxylic acids is 3. The zero-order valence-electron chi connectivity index (χ0n) is 12.7. The molecule has 0 radical (unpaired) electrons. The Morgan fingerprint density at radius 2 is 1.96 bits per heavy atom. The van der Waals surface area contributed by atoms with Crippen molar-refractivity contribution in [3.8, 4) is 0 Å². The van der Waals surface area contributed by atoms with Crippen LogP contribution < -0.4 is 10.6 Å². The van der Waals surface area contributed by atoms with Gasteiger partial charge in [0.15, 0.2) is 10.9 Å². The van der Waals surface area contributed by atoms with Crippen LogP contribution in [0.5, 0.6) is 0 Å². The molecule has 1 heterocycles. The number of esters is 1. The summed E-state index contributed by atoms with van der Waals surface area (Å²) in [6.45, 7) is 0.312. The Kier molecular flexibility index (Phi) is 8.35. The molecule has 2 N–H and O–H groups in total. The first kappa shape index (κ1) is 19.2. The third kappa shape index (κ3) is 6.83. The molecular formula is C13H17ClN4O4S. The molecule has 1 rings (SSSR count). The van der Waals surface area contributed by atoms with Crippen molar-refractivity contribution >= 4 is 41.1 Å². The Bertz CT molecular complexity index is 585. The first-order valence-electron chi connectivity index (χ1n) is 6.66. The summed E-state index contributed by atoms with van der Waals surface area (Å²) in [7, 11) is 1.28. The minimum absolute atomic E-state index is 0.0668. The molecule has 0 unspecified atom stereocenters. The summed E-state index contributed by atoms with van der Waals surface area (Å²) in [5.74, 6) is -1.16. The number of hydrogen-bond donors (Lipinski definition) is 2. The highest BCUT2D eigenvalue weighted by Crippen LogP contribution is 2.16. The lowest BCUT2D eigenvalue weighted by molar-refractivity contribution is -0.140. The number of rotatable bonds is 8. The second-order valence-electron chi connectivity index (χ2n) is 4.24. The fraction of sp³-hybridized carbons (Fsp3) is 0.462. The van der Waals surface area contributed by atoms with Crippen LogP contribution in [0.2, 0.25) is 5.02 Å². The normalized spacial score (nSPS) is 10.0. The van der Waals surface area contributed by atoms with Crippen molar-refractivity contribution in [3.05, 3.63) is 16.9 Å². The highest BCUT2D eigenvalue weighted by Gasteiger charge is 2.14. The van der Waals surface area contributed by atoms with Gasteiger partial charge in [-0.1, -0.05) is 23.4 Å². The zero-order chi connectivity index (χ0) is 17.2. The molecule has 0 aliphatic rings. The lowest BCUT2D eigenvalue weighted by atomic mass is 10.3. The molecule has 8 nitrogen and oxygen atoms in total. The highest BCUT2D eigenvalue weighted by atomic mass is 35.5. The summed E-state index contributed by atoms with van der Waals surface area (Å²) in [5.41, 5.74) is 0.0668. The van der Waals surface area contributed by atoms with E-state index in [0.717, 1.165) is 0 Å². The highest BCUT2D eigenvalue weighted by molar-refractivity contribution is 7.98. The Morgan fingerprint density at radius 1 is 1.26 bits per heavy atom. The SMILES string of the molecule is COC(=O)CCNC(=O)CCNC(=O)c1nc(SC)ncc1Cl. The maximum Gasteiger partial charge on any atom is 0.307 e. The maximum absolute atomic E-state index is 12.0. The Hall–Kier alpha value is -1.87. The molecule has 0 bridgehead atoms. The van der Waals surface area contributed by atoms with E-state index in [1.165, 1.54) is 25.1 Å². The van der Waals surface area contributed by atoms with Crippen molar-refractivity contribution in [1.29, 1.82) is 0 Å². The molecule has 0 aliphatic heterocycles. The van der Waals surface area contributed by atoms with E-state index < -0.39 is 11.9 Å². The number of halogens is 1. The summed E-state index contributed by atoms with van der Waals surface area (Å²) in [6, 6.07) is 0. The lowest BCUT2D eigenvalue weighted by Gasteiger charge is -2.07. The third-order valence-corrected chi connectivity index (χ3v) is 3.47. The van der Waals surface area contributed by atoms with Gasteiger partial charge in [0.1, 0.15) is 0 Å². The van der Waals surface area contributed by atoms with Crippen molar-refractivity contribution in [1.82, 2.24) is 20.6 Å². The number of methoxy groups -OCH3 is 1. The van der Waals surface area contributed by atoms with Gasteiger partial charge in [-0.25, -0.2) is 9.97 Å². The van der Waals surface area contributed by atoms with Crippen LogP contribution in [-0.4, -0.2) is 54.2 Å². The van der Waals surface area contributed by atoms with E-state index in [0.29, 0.717) is 5.16 Å². The van der Waals surface area contributed by atoms with E-state index in [2.05, 4.69) is 25.3 Å². The van der Waals surface area contributed by atoms with Gasteiger partial charge >= 0.3 is 5.97 Å². The van der Waals surface area contributed by atoms with Gasteiger partial charge in [0, 0.05) is 19.5 Å². The van der Waals surface area contributed by atoms with Crippen LogP contribution in [0.4, 0.5) is 0 Å². The Labute approximate surface area is 142 Å². The molecule has 1 aromatic rings. The molecule has 1 aromatic heterocycles. The predicted octanol–water partition coefficient (Wildman–Crippen LogP) is 0.651. The van der Waals surface area contributed by atoms with Gasteiger partial charge in [-0.3, -0.25) is 14.4 Å². The first-order valence-corrected chi connectivity index (χ1v) is 8.26. The summed E-state index contributed by atoms with van der Waals surface area (Å²) < 4.78 is 4.45. The third-order valence-electron chi connectivity index (χ3n) is 2.64. The zero-order valence-corrected chi connectivity index (χ0v) is 14.3. The van der Waals surface area contributed by atoms with Gasteiger partial charge in [-0.05, 0) is 6.26 Å². The van der Waals surface area contributed by atoms with E-state index >= 15 is 0 Å². The Morgan fingerprint density at radius 3 is 2.61 bits per heavy atom. The van der Waals surface area contributed by atoms with Crippen LogP contribution in [0.3, 0.4) is 0 Å². The molecular weight excluding hydrogens is 344 g/mol. The maximum atomic E-state index is 12.0. The largest absolute Gasteiger partial charge is 0.469 e. The number of ether oxygens (including phenoxy) is 1. The molecule has 0 atom stereocenters. The Balaban J connectivity index is 2.36. The summed E-state index contributed by atoms with van der Waals surface area (Å²) >= 11 is 7.17. The van der Waals surface area contributed by atoms with Crippen LogP contribution >= 0.6 is 23.4 Å². The monoisotopic (exact) mass is 360 g/mol. The quantitative estimate of drug-likeness (QED) is 0.398. The van der Waals surface area contributed by atoms with Crippen LogP contribution in [0.1, 0.15) is 23.3 Å². The molecule has 0 aliphatic carbocycles. The van der Waals surface area contributed by atoms with Crippen LogP contribution in [-0.2, 0) is 14.3 Å². The predicted molar refractivity (Wildman–Crippen MR) is 85.4 cm³/mol. The van der Waals surface area contributed by atoms with E-state index in [-0.39, 0.29) is 42.6 Å². The number of amides is 2. The average Bonchev–Trinajstić information content (AvgIpc) is 2.54. The molecule has 0 saturated carbocycles. The number of aromatic nitrogens is 2. The minimum atomic E-state index is -0.477. The average molecular weight is 361 g/mol. The van der Waals surface area contributed by atoms with Gasteiger partial charge < -0.3 is 15.4 Å². The minimum Gasteiger partial charge on any atom is -0.469 e. The lowest BCUT2D eigenvalue weighted by Crippen LogP contribution is -2.32. The fourth-order valence-electron chi connectivity index (χ4n) is 1.48. The van der Waals surface area contributed by atoms with E-state index in [9.17, 15) is 14.4 Å². The summed E-state index contributed by atoms with van der Waals surface area (Å²) in [5, 5.41) is 5.67. The van der Waals surface area contributed by atoms with Crippen molar-refractivity contribution < 1.29 is 19.1 Å². The van der Waals surface area contributed by atoms with Crippen molar-refractivity contribution in [2.75, 3.05) is 26.5 Å². The van der Waals surface area contributed by atoms with E-state index in [4.69, 9.17) is 11.6 Å². The van der Waals surface area contributed by atoms with Gasteiger partial charge in [0.2, 0.25) is 5.91 Å². The molecule has 0 fully saturated rings. The standard InChI is InChI=1S/C13H17ClN4O4S/c1-22-10(20)4-6-15-9(19)3-5-16-12(21)11-8(14)7-17-13(18-11)23-2/h7H,3-6H2,1-2H3,(H,15,19)(H,16,21). The van der Waals surface area contributed by atoms with Crippen LogP contribution in [0.25, 0.3) is 0 Å². The van der Waals surface area contributed by atoms with Gasteiger partial charge in [-0.2, -0.15) is 0 Å². The van der Waals surface area contributed by atoms with Crippen molar-refractivity contribution in [3.63, 3.8) is 0 Å². The number of hydrogen-bond acceptors (Lipinski definition) is 7. The summed E-state index contributed by atoms with van der Waals surface area (Å²) in [6.07, 6.45) is 3.31. The molecule has 0 aromatic carbocycles.